The van der Waals surface area contributed by atoms with Crippen molar-refractivity contribution < 1.29 is 0 Å². The third-order valence-corrected chi connectivity index (χ3v) is 2.40. The molecule has 1 saturated heterocycles. The van der Waals surface area contributed by atoms with Gasteiger partial charge in [-0.3, -0.25) is 0 Å². The first-order valence-corrected chi connectivity index (χ1v) is 4.62. The van der Waals surface area contributed by atoms with Crippen LogP contribution in [0, 0.1) is 6.92 Å². The van der Waals surface area contributed by atoms with Crippen LogP contribution in [-0.4, -0.2) is 30.6 Å². The normalized spacial score (nSPS) is 22.4. The van der Waals surface area contributed by atoms with Gasteiger partial charge in [-0.15, -0.1) is 0 Å². The van der Waals surface area contributed by atoms with Gasteiger partial charge < -0.3 is 10.6 Å². The molecule has 1 radical (unpaired) electrons. The van der Waals surface area contributed by atoms with Crippen molar-refractivity contribution in [3.63, 3.8) is 0 Å². The van der Waals surface area contributed by atoms with E-state index in [9.17, 15) is 0 Å². The van der Waals surface area contributed by atoms with Gasteiger partial charge in [0.2, 0.25) is 0 Å². The lowest BCUT2D eigenvalue weighted by molar-refractivity contribution is 0.267. The maximum atomic E-state index is 5.43. The Labute approximate surface area is 69.8 Å². The molecule has 0 amide bonds. The molecule has 0 bridgehead atoms. The second kappa shape index (κ2) is 4.73. The van der Waals surface area contributed by atoms with Gasteiger partial charge in [-0.1, -0.05) is 0 Å². The molecule has 1 rings (SSSR count). The summed E-state index contributed by atoms with van der Waals surface area (Å²) in [6.07, 6.45) is 4.99. The Bertz CT molecular complexity index is 97.7. The predicted octanol–water partition coefficient (Wildman–Crippen LogP) is 1.02. The quantitative estimate of drug-likeness (QED) is 0.657. The maximum absolute atomic E-state index is 5.43. The molecule has 1 heterocycles. The average Bonchev–Trinajstić information content (AvgIpc) is 2.52. The highest BCUT2D eigenvalue weighted by Gasteiger charge is 2.16. The zero-order valence-corrected chi connectivity index (χ0v) is 7.26. The van der Waals surface area contributed by atoms with Crippen LogP contribution in [0.15, 0.2) is 0 Å². The summed E-state index contributed by atoms with van der Waals surface area (Å²) in [5, 5.41) is 0. The summed E-state index contributed by atoms with van der Waals surface area (Å²) in [6.45, 7) is 7.43. The van der Waals surface area contributed by atoms with Crippen LogP contribution in [-0.2, 0) is 0 Å². The molecule has 11 heavy (non-hydrogen) atoms. The van der Waals surface area contributed by atoms with Crippen LogP contribution in [0.5, 0.6) is 0 Å². The Morgan fingerprint density at radius 3 is 2.55 bits per heavy atom. The molecule has 65 valence electrons. The molecule has 0 aromatic rings. The maximum Gasteiger partial charge on any atom is 0.00963 e. The van der Waals surface area contributed by atoms with Gasteiger partial charge in [-0.2, -0.15) is 0 Å². The van der Waals surface area contributed by atoms with Crippen LogP contribution >= 0.6 is 0 Å². The second-order valence-electron chi connectivity index (χ2n) is 3.33. The molecule has 0 aliphatic carbocycles. The first kappa shape index (κ1) is 9.01. The third-order valence-electron chi connectivity index (χ3n) is 2.40. The van der Waals surface area contributed by atoms with E-state index in [0.717, 1.165) is 19.4 Å². The molecule has 1 aliphatic rings. The smallest absolute Gasteiger partial charge is 0.00963 e. The van der Waals surface area contributed by atoms with Crippen molar-refractivity contribution in [2.45, 2.75) is 31.7 Å². The summed E-state index contributed by atoms with van der Waals surface area (Å²) in [4.78, 5) is 2.47. The Kier molecular flexibility index (Phi) is 3.87. The molecule has 0 spiro atoms. The summed E-state index contributed by atoms with van der Waals surface area (Å²) in [7, 11) is 0. The number of likely N-dealkylation sites (tertiary alicyclic amines) is 1. The van der Waals surface area contributed by atoms with E-state index >= 15 is 0 Å². The molecule has 0 aromatic carbocycles. The molecule has 2 nitrogen and oxygen atoms in total. The fraction of sp³-hybridized carbons (Fsp3) is 0.889. The fourth-order valence-corrected chi connectivity index (χ4v) is 1.64. The van der Waals surface area contributed by atoms with Crippen molar-refractivity contribution in [1.82, 2.24) is 4.90 Å². The van der Waals surface area contributed by atoms with E-state index in [4.69, 9.17) is 5.73 Å². The number of rotatable bonds is 4. The van der Waals surface area contributed by atoms with E-state index in [1.165, 1.54) is 25.9 Å². The third kappa shape index (κ3) is 2.80. The lowest BCUT2D eigenvalue weighted by Gasteiger charge is -2.22. The molecule has 1 atom stereocenters. The summed E-state index contributed by atoms with van der Waals surface area (Å²) in [6, 6.07) is 0.515. The molecular weight excluding hydrogens is 136 g/mol. The Morgan fingerprint density at radius 2 is 2.00 bits per heavy atom. The zero-order valence-electron chi connectivity index (χ0n) is 7.26. The van der Waals surface area contributed by atoms with Crippen LogP contribution in [0.1, 0.15) is 25.7 Å². The minimum absolute atomic E-state index is 0.515. The van der Waals surface area contributed by atoms with Crippen LogP contribution in [0.3, 0.4) is 0 Å². The number of hydrogen-bond acceptors (Lipinski definition) is 2. The fourth-order valence-electron chi connectivity index (χ4n) is 1.64. The van der Waals surface area contributed by atoms with Gasteiger partial charge in [-0.05, 0) is 52.2 Å². The monoisotopic (exact) mass is 155 g/mol. The SMILES string of the molecule is [CH2]C(CCCN)N1CCCC1. The van der Waals surface area contributed by atoms with E-state index in [2.05, 4.69) is 11.8 Å². The molecular formula is C9H19N2. The van der Waals surface area contributed by atoms with Crippen molar-refractivity contribution in [3.05, 3.63) is 6.92 Å². The minimum atomic E-state index is 0.515. The highest BCUT2D eigenvalue weighted by molar-refractivity contribution is 4.77. The molecule has 2 N–H and O–H groups in total. The van der Waals surface area contributed by atoms with E-state index in [0.29, 0.717) is 6.04 Å². The largest absolute Gasteiger partial charge is 0.330 e. The number of nitrogens with two attached hydrogens (primary N) is 1. The first-order chi connectivity index (χ1) is 5.34. The highest BCUT2D eigenvalue weighted by Crippen LogP contribution is 2.13. The molecule has 0 aromatic heterocycles. The molecule has 1 unspecified atom stereocenters. The van der Waals surface area contributed by atoms with Crippen molar-refractivity contribution in [2.24, 2.45) is 5.73 Å². The van der Waals surface area contributed by atoms with Crippen molar-refractivity contribution >= 4 is 0 Å². The van der Waals surface area contributed by atoms with Gasteiger partial charge in [0.15, 0.2) is 0 Å². The van der Waals surface area contributed by atoms with E-state index in [-0.39, 0.29) is 0 Å². The number of nitrogens with zero attached hydrogens (tertiary/aromatic N) is 1. The van der Waals surface area contributed by atoms with Gasteiger partial charge in [0.1, 0.15) is 0 Å². The molecule has 2 heteroatoms. The van der Waals surface area contributed by atoms with Gasteiger partial charge in [0.05, 0.1) is 0 Å². The number of hydrogen-bond donors (Lipinski definition) is 1. The summed E-state index contributed by atoms with van der Waals surface area (Å²) in [5.74, 6) is 0. The van der Waals surface area contributed by atoms with Gasteiger partial charge in [-0.25, -0.2) is 0 Å². The molecule has 0 saturated carbocycles. The van der Waals surface area contributed by atoms with Crippen molar-refractivity contribution in [3.8, 4) is 0 Å². The van der Waals surface area contributed by atoms with Crippen molar-refractivity contribution in [2.75, 3.05) is 19.6 Å². The van der Waals surface area contributed by atoms with Crippen molar-refractivity contribution in [1.29, 1.82) is 0 Å². The summed E-state index contributed by atoms with van der Waals surface area (Å²) in [5.41, 5.74) is 5.43. The Hall–Kier alpha value is -0.0800. The van der Waals surface area contributed by atoms with Crippen LogP contribution in [0.25, 0.3) is 0 Å². The summed E-state index contributed by atoms with van der Waals surface area (Å²) >= 11 is 0. The summed E-state index contributed by atoms with van der Waals surface area (Å²) < 4.78 is 0. The standard InChI is InChI=1S/C9H19N2/c1-9(5-4-6-10)11-7-2-3-8-11/h9H,1-8,10H2. The molecule has 1 aliphatic heterocycles. The second-order valence-corrected chi connectivity index (χ2v) is 3.33. The van der Waals surface area contributed by atoms with E-state index in [1.807, 2.05) is 0 Å². The van der Waals surface area contributed by atoms with Crippen LogP contribution in [0.2, 0.25) is 0 Å². The van der Waals surface area contributed by atoms with E-state index < -0.39 is 0 Å². The Morgan fingerprint density at radius 1 is 1.36 bits per heavy atom. The Balaban J connectivity index is 2.12. The highest BCUT2D eigenvalue weighted by atomic mass is 15.2. The van der Waals surface area contributed by atoms with Gasteiger partial charge in [0.25, 0.3) is 0 Å². The topological polar surface area (TPSA) is 29.3 Å². The van der Waals surface area contributed by atoms with Crippen LogP contribution < -0.4 is 5.73 Å². The van der Waals surface area contributed by atoms with Gasteiger partial charge >= 0.3 is 0 Å². The molecule has 1 fully saturated rings. The minimum Gasteiger partial charge on any atom is -0.330 e. The van der Waals surface area contributed by atoms with E-state index in [1.54, 1.807) is 0 Å². The van der Waals surface area contributed by atoms with Gasteiger partial charge in [0, 0.05) is 6.04 Å². The first-order valence-electron chi connectivity index (χ1n) is 4.62. The lowest BCUT2D eigenvalue weighted by atomic mass is 10.1. The zero-order chi connectivity index (χ0) is 8.10. The van der Waals surface area contributed by atoms with Crippen LogP contribution in [0.4, 0.5) is 0 Å². The lowest BCUT2D eigenvalue weighted by Crippen LogP contribution is -2.30. The predicted molar refractivity (Wildman–Crippen MR) is 48.2 cm³/mol. The average molecular weight is 155 g/mol.